The molecule has 0 bridgehead atoms. The van der Waals surface area contributed by atoms with Crippen molar-refractivity contribution in [1.29, 1.82) is 0 Å². The number of nitrogens with two attached hydrogens (primary N) is 1. The number of ether oxygens (including phenoxy) is 1. The molecule has 0 aliphatic heterocycles. The van der Waals surface area contributed by atoms with Gasteiger partial charge in [0, 0.05) is 16.7 Å². The van der Waals surface area contributed by atoms with Gasteiger partial charge >= 0.3 is 0 Å². The van der Waals surface area contributed by atoms with Gasteiger partial charge in [0.25, 0.3) is 0 Å². The minimum Gasteiger partial charge on any atom is -0.370 e. The van der Waals surface area contributed by atoms with Crippen molar-refractivity contribution in [3.63, 3.8) is 0 Å². The maximum atomic E-state index is 11.5. The summed E-state index contributed by atoms with van der Waals surface area (Å²) in [6.07, 6.45) is 0. The zero-order valence-corrected chi connectivity index (χ0v) is 10.7. The first kappa shape index (κ1) is 13.2. The van der Waals surface area contributed by atoms with Crippen molar-refractivity contribution in [2.24, 2.45) is 5.73 Å². The standard InChI is InChI=1S/C11H15BrN2O2/c1-8-9(12)3-2-4-10(8)14-11(15)7-16-6-5-13/h2-4H,5-7,13H2,1H3,(H,14,15). The van der Waals surface area contributed by atoms with E-state index in [2.05, 4.69) is 21.2 Å². The van der Waals surface area contributed by atoms with Crippen LogP contribution in [0.15, 0.2) is 22.7 Å². The minimum atomic E-state index is -0.172. The fraction of sp³-hybridized carbons (Fsp3) is 0.364. The van der Waals surface area contributed by atoms with E-state index < -0.39 is 0 Å². The fourth-order valence-corrected chi connectivity index (χ4v) is 1.54. The first-order valence-electron chi connectivity index (χ1n) is 4.98. The highest BCUT2D eigenvalue weighted by atomic mass is 79.9. The van der Waals surface area contributed by atoms with E-state index >= 15 is 0 Å². The number of rotatable bonds is 5. The van der Waals surface area contributed by atoms with Crippen molar-refractivity contribution >= 4 is 27.5 Å². The molecule has 0 fully saturated rings. The van der Waals surface area contributed by atoms with Crippen molar-refractivity contribution < 1.29 is 9.53 Å². The van der Waals surface area contributed by atoms with Crippen LogP contribution in [0.5, 0.6) is 0 Å². The van der Waals surface area contributed by atoms with Gasteiger partial charge in [0.2, 0.25) is 5.91 Å². The summed E-state index contributed by atoms with van der Waals surface area (Å²) in [5.41, 5.74) is 7.03. The number of hydrogen-bond acceptors (Lipinski definition) is 3. The third kappa shape index (κ3) is 3.92. The molecule has 0 saturated carbocycles. The number of benzene rings is 1. The Hall–Kier alpha value is -0.910. The lowest BCUT2D eigenvalue weighted by atomic mass is 10.2. The fourth-order valence-electron chi connectivity index (χ4n) is 1.18. The predicted octanol–water partition coefficient (Wildman–Crippen LogP) is 1.67. The zero-order valence-electron chi connectivity index (χ0n) is 9.13. The van der Waals surface area contributed by atoms with E-state index in [4.69, 9.17) is 10.5 Å². The summed E-state index contributed by atoms with van der Waals surface area (Å²) in [7, 11) is 0. The second-order valence-electron chi connectivity index (χ2n) is 3.30. The lowest BCUT2D eigenvalue weighted by Gasteiger charge is -2.09. The van der Waals surface area contributed by atoms with Crippen LogP contribution in [-0.2, 0) is 9.53 Å². The molecule has 1 aromatic rings. The van der Waals surface area contributed by atoms with Crippen LogP contribution < -0.4 is 11.1 Å². The maximum absolute atomic E-state index is 11.5. The SMILES string of the molecule is Cc1c(Br)cccc1NC(=O)COCCN. The van der Waals surface area contributed by atoms with Gasteiger partial charge in [-0.2, -0.15) is 0 Å². The summed E-state index contributed by atoms with van der Waals surface area (Å²) in [6, 6.07) is 5.64. The summed E-state index contributed by atoms with van der Waals surface area (Å²) in [5, 5.41) is 2.78. The van der Waals surface area contributed by atoms with Gasteiger partial charge in [-0.25, -0.2) is 0 Å². The molecular formula is C11H15BrN2O2. The average molecular weight is 287 g/mol. The van der Waals surface area contributed by atoms with Crippen molar-refractivity contribution in [3.05, 3.63) is 28.2 Å². The number of amides is 1. The summed E-state index contributed by atoms with van der Waals surface area (Å²) in [6.45, 7) is 2.78. The monoisotopic (exact) mass is 286 g/mol. The van der Waals surface area contributed by atoms with Crippen molar-refractivity contribution in [3.8, 4) is 0 Å². The number of hydrogen-bond donors (Lipinski definition) is 2. The molecule has 88 valence electrons. The molecule has 5 heteroatoms. The highest BCUT2D eigenvalue weighted by Crippen LogP contribution is 2.23. The van der Waals surface area contributed by atoms with Gasteiger partial charge in [0.1, 0.15) is 6.61 Å². The lowest BCUT2D eigenvalue weighted by molar-refractivity contribution is -0.120. The van der Waals surface area contributed by atoms with E-state index in [9.17, 15) is 4.79 Å². The minimum absolute atomic E-state index is 0.0309. The van der Waals surface area contributed by atoms with Crippen LogP contribution in [0.2, 0.25) is 0 Å². The summed E-state index contributed by atoms with van der Waals surface area (Å²) in [5.74, 6) is -0.172. The highest BCUT2D eigenvalue weighted by molar-refractivity contribution is 9.10. The van der Waals surface area contributed by atoms with Gasteiger partial charge < -0.3 is 15.8 Å². The number of carbonyl (C=O) groups excluding carboxylic acids is 1. The van der Waals surface area contributed by atoms with Gasteiger partial charge in [0.05, 0.1) is 6.61 Å². The molecule has 0 radical (unpaired) electrons. The summed E-state index contributed by atoms with van der Waals surface area (Å²) < 4.78 is 6.00. The maximum Gasteiger partial charge on any atom is 0.250 e. The number of carbonyl (C=O) groups is 1. The van der Waals surface area contributed by atoms with Crippen molar-refractivity contribution in [2.75, 3.05) is 25.1 Å². The Morgan fingerprint density at radius 3 is 3.00 bits per heavy atom. The summed E-state index contributed by atoms with van der Waals surface area (Å²) >= 11 is 3.40. The molecule has 1 amide bonds. The zero-order chi connectivity index (χ0) is 12.0. The Bertz CT molecular complexity index is 369. The molecule has 0 unspecified atom stereocenters. The largest absolute Gasteiger partial charge is 0.370 e. The van der Waals surface area contributed by atoms with Gasteiger partial charge in [-0.3, -0.25) is 4.79 Å². The Morgan fingerprint density at radius 1 is 1.56 bits per heavy atom. The number of anilines is 1. The number of halogens is 1. The first-order valence-corrected chi connectivity index (χ1v) is 5.77. The molecule has 3 N–H and O–H groups in total. The molecule has 0 heterocycles. The van der Waals surface area contributed by atoms with E-state index in [0.29, 0.717) is 13.2 Å². The molecule has 0 saturated heterocycles. The Labute approximate surface area is 103 Å². The molecule has 0 spiro atoms. The molecule has 0 aromatic heterocycles. The van der Waals surface area contributed by atoms with Crippen molar-refractivity contribution in [1.82, 2.24) is 0 Å². The molecule has 4 nitrogen and oxygen atoms in total. The van der Waals surface area contributed by atoms with Crippen LogP contribution in [0.3, 0.4) is 0 Å². The molecule has 1 rings (SSSR count). The Morgan fingerprint density at radius 2 is 2.31 bits per heavy atom. The Balaban J connectivity index is 2.53. The van der Waals surface area contributed by atoms with Gasteiger partial charge in [-0.1, -0.05) is 22.0 Å². The van der Waals surface area contributed by atoms with Crippen LogP contribution in [0, 0.1) is 6.92 Å². The van der Waals surface area contributed by atoms with E-state index in [0.717, 1.165) is 15.7 Å². The third-order valence-corrected chi connectivity index (χ3v) is 2.90. The smallest absolute Gasteiger partial charge is 0.250 e. The Kier molecular flexibility index (Phi) is 5.45. The molecule has 16 heavy (non-hydrogen) atoms. The van der Waals surface area contributed by atoms with Crippen LogP contribution in [0.4, 0.5) is 5.69 Å². The van der Waals surface area contributed by atoms with Gasteiger partial charge in [-0.15, -0.1) is 0 Å². The quantitative estimate of drug-likeness (QED) is 0.810. The molecular weight excluding hydrogens is 272 g/mol. The van der Waals surface area contributed by atoms with Crippen LogP contribution in [-0.4, -0.2) is 25.7 Å². The van der Waals surface area contributed by atoms with E-state index in [-0.39, 0.29) is 12.5 Å². The summed E-state index contributed by atoms with van der Waals surface area (Å²) in [4.78, 5) is 11.5. The average Bonchev–Trinajstić information content (AvgIpc) is 2.25. The van der Waals surface area contributed by atoms with Crippen LogP contribution in [0.25, 0.3) is 0 Å². The highest BCUT2D eigenvalue weighted by Gasteiger charge is 2.06. The second-order valence-corrected chi connectivity index (χ2v) is 4.16. The van der Waals surface area contributed by atoms with Gasteiger partial charge in [-0.05, 0) is 24.6 Å². The van der Waals surface area contributed by atoms with E-state index in [1.807, 2.05) is 25.1 Å². The van der Waals surface area contributed by atoms with E-state index in [1.54, 1.807) is 0 Å². The van der Waals surface area contributed by atoms with E-state index in [1.165, 1.54) is 0 Å². The molecule has 0 aliphatic carbocycles. The number of nitrogens with one attached hydrogen (secondary N) is 1. The van der Waals surface area contributed by atoms with Crippen LogP contribution in [0.1, 0.15) is 5.56 Å². The molecule has 0 atom stereocenters. The first-order chi connectivity index (χ1) is 7.65. The molecule has 0 aliphatic rings. The normalized spacial score (nSPS) is 10.2. The second kappa shape index (κ2) is 6.62. The lowest BCUT2D eigenvalue weighted by Crippen LogP contribution is -2.21. The van der Waals surface area contributed by atoms with Crippen molar-refractivity contribution in [2.45, 2.75) is 6.92 Å². The topological polar surface area (TPSA) is 64.3 Å². The molecule has 1 aromatic carbocycles. The van der Waals surface area contributed by atoms with Crippen LogP contribution >= 0.6 is 15.9 Å². The third-order valence-electron chi connectivity index (χ3n) is 2.04. The van der Waals surface area contributed by atoms with Gasteiger partial charge in [0.15, 0.2) is 0 Å². The predicted molar refractivity (Wildman–Crippen MR) is 67.4 cm³/mol.